The quantitative estimate of drug-likeness (QED) is 0.514. The average molecular weight is 411 g/mol. The van der Waals surface area contributed by atoms with Crippen LogP contribution < -0.4 is 20.3 Å². The van der Waals surface area contributed by atoms with Crippen LogP contribution in [0.1, 0.15) is 18.1 Å². The van der Waals surface area contributed by atoms with Gasteiger partial charge in [0.2, 0.25) is 0 Å². The van der Waals surface area contributed by atoms with E-state index in [1.165, 1.54) is 11.1 Å². The number of methoxy groups -OCH3 is 1. The summed E-state index contributed by atoms with van der Waals surface area (Å²) in [6.07, 6.45) is 2.82. The molecule has 1 fully saturated rings. The van der Waals surface area contributed by atoms with E-state index in [-0.39, 0.29) is 0 Å². The Morgan fingerprint density at radius 2 is 1.83 bits per heavy atom. The van der Waals surface area contributed by atoms with Crippen LogP contribution >= 0.6 is 0 Å². The summed E-state index contributed by atoms with van der Waals surface area (Å²) in [6.45, 7) is 8.55. The Bertz CT molecular complexity index is 800. The number of rotatable bonds is 8. The van der Waals surface area contributed by atoms with Crippen molar-refractivity contribution in [3.8, 4) is 5.75 Å². The highest BCUT2D eigenvalue weighted by Crippen LogP contribution is 2.15. The molecule has 7 heteroatoms. The van der Waals surface area contributed by atoms with Gasteiger partial charge in [0.25, 0.3) is 0 Å². The van der Waals surface area contributed by atoms with Crippen molar-refractivity contribution in [1.29, 1.82) is 0 Å². The van der Waals surface area contributed by atoms with E-state index in [1.54, 1.807) is 7.11 Å². The van der Waals surface area contributed by atoms with Gasteiger partial charge in [-0.05, 0) is 55.8 Å². The number of likely N-dealkylation sites (N-methyl/N-ethyl adjacent to an activating group) is 1. The molecule has 162 valence electrons. The lowest BCUT2D eigenvalue weighted by Crippen LogP contribution is -2.44. The number of piperazine rings is 1. The number of anilines is 1. The summed E-state index contributed by atoms with van der Waals surface area (Å²) in [5.41, 5.74) is 2.44. The lowest BCUT2D eigenvalue weighted by molar-refractivity contribution is 0.312. The van der Waals surface area contributed by atoms with Crippen molar-refractivity contribution in [1.82, 2.24) is 20.5 Å². The lowest BCUT2D eigenvalue weighted by Gasteiger charge is -2.33. The Kier molecular flexibility index (Phi) is 8.32. The maximum atomic E-state index is 5.22. The molecule has 3 rings (SSSR count). The van der Waals surface area contributed by atoms with Crippen molar-refractivity contribution in [3.63, 3.8) is 0 Å². The monoisotopic (exact) mass is 410 g/mol. The van der Waals surface area contributed by atoms with Crippen LogP contribution in [0.4, 0.5) is 5.82 Å². The van der Waals surface area contributed by atoms with Crippen LogP contribution in [0.2, 0.25) is 0 Å². The topological polar surface area (TPSA) is 65.0 Å². The molecule has 1 aliphatic heterocycles. The molecule has 0 bridgehead atoms. The van der Waals surface area contributed by atoms with Crippen LogP contribution in [-0.2, 0) is 13.0 Å². The van der Waals surface area contributed by atoms with Gasteiger partial charge in [-0.25, -0.2) is 9.98 Å². The second-order valence-corrected chi connectivity index (χ2v) is 7.53. The number of guanidine groups is 1. The Balaban J connectivity index is 1.54. The van der Waals surface area contributed by atoms with Gasteiger partial charge in [-0.1, -0.05) is 12.1 Å². The van der Waals surface area contributed by atoms with Crippen molar-refractivity contribution in [2.75, 3.05) is 58.3 Å². The third kappa shape index (κ3) is 6.62. The molecule has 7 nitrogen and oxygen atoms in total. The van der Waals surface area contributed by atoms with Gasteiger partial charge in [-0.3, -0.25) is 0 Å². The van der Waals surface area contributed by atoms with E-state index in [4.69, 9.17) is 9.73 Å². The zero-order valence-electron chi connectivity index (χ0n) is 18.4. The van der Waals surface area contributed by atoms with Crippen molar-refractivity contribution in [2.24, 2.45) is 4.99 Å². The number of pyridine rings is 1. The molecule has 2 aromatic rings. The molecule has 1 aliphatic rings. The fourth-order valence-corrected chi connectivity index (χ4v) is 3.40. The van der Waals surface area contributed by atoms with Crippen molar-refractivity contribution in [3.05, 3.63) is 53.7 Å². The van der Waals surface area contributed by atoms with Gasteiger partial charge >= 0.3 is 0 Å². The van der Waals surface area contributed by atoms with Crippen LogP contribution in [0.3, 0.4) is 0 Å². The highest BCUT2D eigenvalue weighted by Gasteiger charge is 2.15. The highest BCUT2D eigenvalue weighted by atomic mass is 16.5. The first-order valence-electron chi connectivity index (χ1n) is 10.7. The minimum Gasteiger partial charge on any atom is -0.497 e. The number of nitrogens with one attached hydrogen (secondary N) is 2. The summed E-state index contributed by atoms with van der Waals surface area (Å²) in [6, 6.07) is 12.4. The van der Waals surface area contributed by atoms with Gasteiger partial charge in [0.05, 0.1) is 13.7 Å². The number of hydrogen-bond acceptors (Lipinski definition) is 5. The molecule has 0 unspecified atom stereocenters. The fourth-order valence-electron chi connectivity index (χ4n) is 3.40. The summed E-state index contributed by atoms with van der Waals surface area (Å²) in [4.78, 5) is 14.0. The number of nitrogens with zero attached hydrogens (tertiary/aromatic N) is 4. The largest absolute Gasteiger partial charge is 0.497 e. The number of aromatic nitrogens is 1. The molecule has 30 heavy (non-hydrogen) atoms. The van der Waals surface area contributed by atoms with Crippen molar-refractivity contribution >= 4 is 11.8 Å². The molecule has 0 saturated carbocycles. The van der Waals surface area contributed by atoms with E-state index in [9.17, 15) is 0 Å². The van der Waals surface area contributed by atoms with E-state index >= 15 is 0 Å². The molecule has 0 radical (unpaired) electrons. The van der Waals surface area contributed by atoms with Gasteiger partial charge < -0.3 is 25.2 Å². The van der Waals surface area contributed by atoms with Crippen molar-refractivity contribution in [2.45, 2.75) is 19.9 Å². The number of benzene rings is 1. The van der Waals surface area contributed by atoms with E-state index in [0.29, 0.717) is 6.54 Å². The third-order valence-electron chi connectivity index (χ3n) is 5.27. The minimum absolute atomic E-state index is 0.626. The molecule has 0 amide bonds. The molecule has 2 N–H and O–H groups in total. The Hall–Kier alpha value is -2.80. The van der Waals surface area contributed by atoms with Gasteiger partial charge in [0, 0.05) is 45.5 Å². The minimum atomic E-state index is 0.626. The summed E-state index contributed by atoms with van der Waals surface area (Å²) in [5, 5.41) is 6.75. The first-order valence-corrected chi connectivity index (χ1v) is 10.7. The van der Waals surface area contributed by atoms with E-state index in [1.807, 2.05) is 24.4 Å². The van der Waals surface area contributed by atoms with Gasteiger partial charge in [0.1, 0.15) is 11.6 Å². The molecular weight excluding hydrogens is 376 g/mol. The zero-order valence-corrected chi connectivity index (χ0v) is 18.4. The molecule has 2 heterocycles. The maximum absolute atomic E-state index is 5.22. The highest BCUT2D eigenvalue weighted by molar-refractivity contribution is 5.79. The molecule has 0 atom stereocenters. The van der Waals surface area contributed by atoms with Crippen LogP contribution in [0.25, 0.3) is 0 Å². The number of aliphatic imine (C=N–C) groups is 1. The molecular formula is C23H34N6O. The lowest BCUT2D eigenvalue weighted by atomic mass is 10.1. The normalized spacial score (nSPS) is 15.2. The van der Waals surface area contributed by atoms with E-state index in [2.05, 4.69) is 57.6 Å². The van der Waals surface area contributed by atoms with Crippen LogP contribution in [0, 0.1) is 0 Å². The number of ether oxygens (including phenoxy) is 1. The standard InChI is InChI=1S/C23H34N6O/c1-4-24-23(26-12-9-19-5-7-21(30-3)8-6-19)27-18-20-10-11-25-22(17-20)29-15-13-28(2)14-16-29/h5-8,10-11,17H,4,9,12-16,18H2,1-3H3,(H2,24,26,27). The van der Waals surface area contributed by atoms with Gasteiger partial charge in [-0.15, -0.1) is 0 Å². The Morgan fingerprint density at radius 1 is 1.07 bits per heavy atom. The summed E-state index contributed by atoms with van der Waals surface area (Å²) in [5.74, 6) is 2.77. The van der Waals surface area contributed by atoms with Crippen molar-refractivity contribution < 1.29 is 4.74 Å². The number of hydrogen-bond donors (Lipinski definition) is 2. The molecule has 1 aromatic heterocycles. The average Bonchev–Trinajstić information content (AvgIpc) is 2.78. The molecule has 0 aliphatic carbocycles. The third-order valence-corrected chi connectivity index (χ3v) is 5.27. The van der Waals surface area contributed by atoms with Crippen LogP contribution in [-0.4, -0.2) is 69.3 Å². The second-order valence-electron chi connectivity index (χ2n) is 7.53. The fraction of sp³-hybridized carbons (Fsp3) is 0.478. The first kappa shape index (κ1) is 21.9. The summed E-state index contributed by atoms with van der Waals surface area (Å²) >= 11 is 0. The molecule has 1 aromatic carbocycles. The predicted molar refractivity (Wildman–Crippen MR) is 123 cm³/mol. The molecule has 0 spiro atoms. The Labute approximate surface area is 180 Å². The zero-order chi connectivity index (χ0) is 21.2. The van der Waals surface area contributed by atoms with Crippen LogP contribution in [0.5, 0.6) is 5.75 Å². The van der Waals surface area contributed by atoms with E-state index in [0.717, 1.165) is 63.2 Å². The smallest absolute Gasteiger partial charge is 0.191 e. The van der Waals surface area contributed by atoms with Gasteiger partial charge in [0.15, 0.2) is 5.96 Å². The predicted octanol–water partition coefficient (Wildman–Crippen LogP) is 2.14. The SMILES string of the molecule is CCNC(=NCc1ccnc(N2CCN(C)CC2)c1)NCCc1ccc(OC)cc1. The second kappa shape index (κ2) is 11.4. The maximum Gasteiger partial charge on any atom is 0.191 e. The Morgan fingerprint density at radius 3 is 2.53 bits per heavy atom. The van der Waals surface area contributed by atoms with Crippen LogP contribution in [0.15, 0.2) is 47.6 Å². The van der Waals surface area contributed by atoms with Gasteiger partial charge in [-0.2, -0.15) is 0 Å². The summed E-state index contributed by atoms with van der Waals surface area (Å²) in [7, 11) is 3.85. The molecule has 1 saturated heterocycles. The summed E-state index contributed by atoms with van der Waals surface area (Å²) < 4.78 is 5.22. The van der Waals surface area contributed by atoms with E-state index < -0.39 is 0 Å². The first-order chi connectivity index (χ1) is 14.7.